The number of carbonyl (C=O) groups excluding carboxylic acids is 1. The number of aromatic nitrogens is 3. The van der Waals surface area contributed by atoms with Crippen molar-refractivity contribution >= 4 is 5.97 Å². The fourth-order valence-electron chi connectivity index (χ4n) is 2.05. The molecular weight excluding hydrogens is 258 g/mol. The number of hydrogen-bond acceptors (Lipinski definition) is 5. The van der Waals surface area contributed by atoms with E-state index in [4.69, 9.17) is 9.15 Å². The number of nitrogens with zero attached hydrogens (tertiary/aromatic N) is 3. The van der Waals surface area contributed by atoms with Crippen molar-refractivity contribution in [2.45, 2.75) is 33.1 Å². The van der Waals surface area contributed by atoms with Gasteiger partial charge < -0.3 is 9.15 Å². The van der Waals surface area contributed by atoms with Gasteiger partial charge in [0.15, 0.2) is 17.8 Å². The van der Waals surface area contributed by atoms with E-state index in [0.717, 1.165) is 5.69 Å². The average Bonchev–Trinajstić information content (AvgIpc) is 2.93. The quantitative estimate of drug-likeness (QED) is 0.806. The molecule has 2 aromatic heterocycles. The van der Waals surface area contributed by atoms with Crippen LogP contribution in [0.2, 0.25) is 0 Å². The summed E-state index contributed by atoms with van der Waals surface area (Å²) < 4.78 is 12.1. The van der Waals surface area contributed by atoms with E-state index in [-0.39, 0.29) is 11.1 Å². The summed E-state index contributed by atoms with van der Waals surface area (Å²) in [6, 6.07) is 1.91. The van der Waals surface area contributed by atoms with Crippen molar-refractivity contribution in [3.8, 4) is 11.5 Å². The van der Waals surface area contributed by atoms with Crippen molar-refractivity contribution < 1.29 is 13.9 Å². The predicted octanol–water partition coefficient (Wildman–Crippen LogP) is 2.55. The maximum Gasteiger partial charge on any atom is 0.361 e. The summed E-state index contributed by atoms with van der Waals surface area (Å²) in [6.45, 7) is 8.33. The second-order valence-electron chi connectivity index (χ2n) is 5.54. The van der Waals surface area contributed by atoms with Gasteiger partial charge in [0, 0.05) is 18.2 Å². The molecule has 0 aliphatic carbocycles. The number of esters is 1. The molecule has 0 bridgehead atoms. The molecule has 108 valence electrons. The van der Waals surface area contributed by atoms with Crippen LogP contribution < -0.4 is 0 Å². The lowest BCUT2D eigenvalue weighted by Gasteiger charge is -2.17. The van der Waals surface area contributed by atoms with E-state index in [1.807, 2.05) is 13.1 Å². The molecule has 2 heterocycles. The van der Waals surface area contributed by atoms with Crippen LogP contribution in [0.25, 0.3) is 11.5 Å². The second kappa shape index (κ2) is 5.11. The Hall–Kier alpha value is -2.11. The van der Waals surface area contributed by atoms with Crippen molar-refractivity contribution in [1.82, 2.24) is 14.8 Å². The molecule has 0 radical (unpaired) electrons. The van der Waals surface area contributed by atoms with Crippen LogP contribution in [-0.2, 0) is 17.2 Å². The summed E-state index contributed by atoms with van der Waals surface area (Å²) in [7, 11) is 1.87. The van der Waals surface area contributed by atoms with Gasteiger partial charge in [0.05, 0.1) is 6.61 Å². The average molecular weight is 277 g/mol. The van der Waals surface area contributed by atoms with Gasteiger partial charge in [-0.1, -0.05) is 20.8 Å². The van der Waals surface area contributed by atoms with Crippen LogP contribution in [0.4, 0.5) is 0 Å². The molecule has 0 amide bonds. The molecule has 0 unspecified atom stereocenters. The number of carbonyl (C=O) groups is 1. The van der Waals surface area contributed by atoms with Crippen LogP contribution >= 0.6 is 0 Å². The van der Waals surface area contributed by atoms with Gasteiger partial charge in [-0.05, 0) is 13.0 Å². The lowest BCUT2D eigenvalue weighted by molar-refractivity contribution is 0.0520. The standard InChI is InChI=1S/C14H19N3O3/c1-6-19-13(18)11-12(20-8-15-11)9-7-10(14(2,3)4)17(5)16-9/h7-8H,6H2,1-5H3. The smallest absolute Gasteiger partial charge is 0.361 e. The van der Waals surface area contributed by atoms with Gasteiger partial charge in [0.1, 0.15) is 5.69 Å². The summed E-state index contributed by atoms with van der Waals surface area (Å²) in [5.74, 6) is -0.159. The van der Waals surface area contributed by atoms with Crippen molar-refractivity contribution in [2.75, 3.05) is 6.61 Å². The van der Waals surface area contributed by atoms with E-state index in [9.17, 15) is 4.79 Å². The first-order valence-electron chi connectivity index (χ1n) is 6.50. The molecule has 20 heavy (non-hydrogen) atoms. The van der Waals surface area contributed by atoms with Gasteiger partial charge in [-0.25, -0.2) is 9.78 Å². The number of hydrogen-bond donors (Lipinski definition) is 0. The second-order valence-corrected chi connectivity index (χ2v) is 5.54. The molecule has 2 rings (SSSR count). The Bertz CT molecular complexity index is 620. The largest absolute Gasteiger partial charge is 0.461 e. The highest BCUT2D eigenvalue weighted by Gasteiger charge is 2.25. The minimum atomic E-state index is -0.501. The van der Waals surface area contributed by atoms with E-state index >= 15 is 0 Å². The topological polar surface area (TPSA) is 70.2 Å². The highest BCUT2D eigenvalue weighted by molar-refractivity contribution is 5.93. The first-order valence-corrected chi connectivity index (χ1v) is 6.50. The fraction of sp³-hybridized carbons (Fsp3) is 0.500. The predicted molar refractivity (Wildman–Crippen MR) is 73.4 cm³/mol. The van der Waals surface area contributed by atoms with Gasteiger partial charge in [-0.3, -0.25) is 4.68 Å². The molecule has 6 nitrogen and oxygen atoms in total. The first kappa shape index (κ1) is 14.3. The van der Waals surface area contributed by atoms with Crippen molar-refractivity contribution in [3.05, 3.63) is 23.8 Å². The molecule has 0 fully saturated rings. The summed E-state index contributed by atoms with van der Waals surface area (Å²) in [6.07, 6.45) is 1.23. The van der Waals surface area contributed by atoms with Gasteiger partial charge in [-0.15, -0.1) is 0 Å². The fourth-order valence-corrected chi connectivity index (χ4v) is 2.05. The summed E-state index contributed by atoms with van der Waals surface area (Å²) >= 11 is 0. The monoisotopic (exact) mass is 277 g/mol. The third kappa shape index (κ3) is 2.59. The highest BCUT2D eigenvalue weighted by atomic mass is 16.5. The summed E-state index contributed by atoms with van der Waals surface area (Å²) in [4.78, 5) is 15.7. The molecule has 0 spiro atoms. The Balaban J connectivity index is 2.44. The molecule has 0 atom stereocenters. The zero-order valence-electron chi connectivity index (χ0n) is 12.4. The molecular formula is C14H19N3O3. The van der Waals surface area contributed by atoms with E-state index in [1.54, 1.807) is 11.6 Å². The molecule has 0 aliphatic rings. The molecule has 0 aliphatic heterocycles. The van der Waals surface area contributed by atoms with Crippen LogP contribution in [-0.4, -0.2) is 27.3 Å². The van der Waals surface area contributed by atoms with Gasteiger partial charge in [0.2, 0.25) is 0 Å². The van der Waals surface area contributed by atoms with Crippen LogP contribution in [0.5, 0.6) is 0 Å². The van der Waals surface area contributed by atoms with Crippen molar-refractivity contribution in [1.29, 1.82) is 0 Å². The highest BCUT2D eigenvalue weighted by Crippen LogP contribution is 2.28. The Morgan fingerprint density at radius 3 is 2.70 bits per heavy atom. The molecule has 2 aromatic rings. The molecule has 0 saturated carbocycles. The number of oxazole rings is 1. The van der Waals surface area contributed by atoms with E-state index in [2.05, 4.69) is 30.9 Å². The van der Waals surface area contributed by atoms with Crippen LogP contribution in [0, 0.1) is 0 Å². The van der Waals surface area contributed by atoms with Crippen molar-refractivity contribution in [3.63, 3.8) is 0 Å². The van der Waals surface area contributed by atoms with Crippen LogP contribution in [0.1, 0.15) is 43.9 Å². The third-order valence-electron chi connectivity index (χ3n) is 2.92. The Kier molecular flexibility index (Phi) is 3.65. The normalized spacial score (nSPS) is 11.7. The SMILES string of the molecule is CCOC(=O)c1ncoc1-c1cc(C(C)(C)C)n(C)n1. The zero-order valence-corrected chi connectivity index (χ0v) is 12.4. The number of aryl methyl sites for hydroxylation is 1. The number of ether oxygens (including phenoxy) is 1. The van der Waals surface area contributed by atoms with E-state index in [0.29, 0.717) is 18.1 Å². The Morgan fingerprint density at radius 2 is 2.15 bits per heavy atom. The molecule has 0 N–H and O–H groups in total. The van der Waals surface area contributed by atoms with E-state index < -0.39 is 5.97 Å². The van der Waals surface area contributed by atoms with E-state index in [1.165, 1.54) is 6.39 Å². The number of rotatable bonds is 3. The van der Waals surface area contributed by atoms with Crippen molar-refractivity contribution in [2.24, 2.45) is 7.05 Å². The maximum absolute atomic E-state index is 11.8. The van der Waals surface area contributed by atoms with Gasteiger partial charge in [-0.2, -0.15) is 5.10 Å². The summed E-state index contributed by atoms with van der Waals surface area (Å²) in [5.41, 5.74) is 1.73. The lowest BCUT2D eigenvalue weighted by atomic mass is 9.92. The molecule has 0 aromatic carbocycles. The first-order chi connectivity index (χ1) is 9.34. The van der Waals surface area contributed by atoms with Gasteiger partial charge in [0.25, 0.3) is 0 Å². The van der Waals surface area contributed by atoms with Crippen LogP contribution in [0.15, 0.2) is 16.9 Å². The minimum Gasteiger partial charge on any atom is -0.461 e. The maximum atomic E-state index is 11.8. The zero-order chi connectivity index (χ0) is 14.9. The Morgan fingerprint density at radius 1 is 1.45 bits per heavy atom. The third-order valence-corrected chi connectivity index (χ3v) is 2.92. The summed E-state index contributed by atoms with van der Waals surface area (Å²) in [5, 5.41) is 4.40. The Labute approximate surface area is 117 Å². The molecule has 0 saturated heterocycles. The van der Waals surface area contributed by atoms with Crippen LogP contribution in [0.3, 0.4) is 0 Å². The molecule has 6 heteroatoms. The lowest BCUT2D eigenvalue weighted by Crippen LogP contribution is -2.16. The minimum absolute atomic E-state index is 0.0515. The van der Waals surface area contributed by atoms with Gasteiger partial charge >= 0.3 is 5.97 Å².